The molecule has 2 aliphatic heterocycles. The van der Waals surface area contributed by atoms with E-state index in [-0.39, 0.29) is 23.2 Å². The van der Waals surface area contributed by atoms with Gasteiger partial charge in [-0.05, 0) is 37.8 Å². The Morgan fingerprint density at radius 3 is 2.85 bits per heavy atom. The zero-order chi connectivity index (χ0) is 22.9. The molecule has 3 atom stereocenters. The third kappa shape index (κ3) is 4.36. The van der Waals surface area contributed by atoms with Crippen molar-refractivity contribution in [2.45, 2.75) is 49.9 Å². The second-order valence-corrected chi connectivity index (χ2v) is 10.3. The van der Waals surface area contributed by atoms with Crippen LogP contribution < -0.4 is 4.74 Å². The molecule has 33 heavy (non-hydrogen) atoms. The van der Waals surface area contributed by atoms with Crippen molar-refractivity contribution in [3.63, 3.8) is 0 Å². The highest BCUT2D eigenvalue weighted by Gasteiger charge is 2.40. The molecule has 1 fully saturated rings. The number of rotatable bonds is 5. The molecule has 1 amide bonds. The number of hydrogen-bond donors (Lipinski definition) is 0. The van der Waals surface area contributed by atoms with Crippen molar-refractivity contribution in [2.24, 2.45) is 4.99 Å². The molecule has 2 aliphatic rings. The number of aromatic nitrogens is 2. The maximum Gasteiger partial charge on any atom is 0.249 e. The highest BCUT2D eigenvalue weighted by molar-refractivity contribution is 8.14. The van der Waals surface area contributed by atoms with Gasteiger partial charge in [-0.3, -0.25) is 14.2 Å². The van der Waals surface area contributed by atoms with Crippen molar-refractivity contribution in [1.29, 1.82) is 0 Å². The molecule has 0 radical (unpaired) electrons. The van der Waals surface area contributed by atoms with Crippen molar-refractivity contribution in [2.75, 3.05) is 13.7 Å². The van der Waals surface area contributed by atoms with E-state index in [4.69, 9.17) is 26.3 Å². The molecule has 8 heteroatoms. The smallest absolute Gasteiger partial charge is 0.249 e. The zero-order valence-corrected chi connectivity index (χ0v) is 20.4. The highest BCUT2D eigenvalue weighted by Crippen LogP contribution is 2.41. The lowest BCUT2D eigenvalue weighted by molar-refractivity contribution is -0.136. The number of aliphatic imine (C=N–C) groups is 1. The van der Waals surface area contributed by atoms with Crippen molar-refractivity contribution >= 4 is 40.0 Å². The van der Waals surface area contributed by atoms with Gasteiger partial charge in [-0.1, -0.05) is 41.9 Å². The summed E-state index contributed by atoms with van der Waals surface area (Å²) in [7, 11) is 1.64. The molecule has 0 bridgehead atoms. The molecule has 1 aromatic carbocycles. The Hall–Kier alpha value is -2.51. The minimum Gasteiger partial charge on any atom is -0.497 e. The van der Waals surface area contributed by atoms with Crippen LogP contribution in [0.3, 0.4) is 0 Å². The maximum absolute atomic E-state index is 13.8. The summed E-state index contributed by atoms with van der Waals surface area (Å²) >= 11 is 8.37. The molecule has 2 aromatic heterocycles. The number of pyridine rings is 1. The van der Waals surface area contributed by atoms with Gasteiger partial charge < -0.3 is 9.64 Å². The SMILES string of the molecule is COc1ccn2c(Cl)c(C[C@@H]3CCCCN3C(=O)C3N=C(C)SC3c3ccccc3)nc2c1. The van der Waals surface area contributed by atoms with Crippen molar-refractivity contribution in [3.8, 4) is 5.75 Å². The topological polar surface area (TPSA) is 59.2 Å². The first-order chi connectivity index (χ1) is 16.0. The lowest BCUT2D eigenvalue weighted by atomic mass is 9.96. The third-order valence-corrected chi connectivity index (χ3v) is 8.10. The molecule has 0 aliphatic carbocycles. The van der Waals surface area contributed by atoms with Gasteiger partial charge in [-0.15, -0.1) is 11.8 Å². The minimum absolute atomic E-state index is 0.0209. The predicted octanol–water partition coefficient (Wildman–Crippen LogP) is 5.20. The summed E-state index contributed by atoms with van der Waals surface area (Å²) in [6, 6.07) is 13.6. The van der Waals surface area contributed by atoms with Crippen LogP contribution in [-0.4, -0.2) is 51.0 Å². The van der Waals surface area contributed by atoms with Gasteiger partial charge in [0.05, 0.1) is 23.1 Å². The number of carbonyl (C=O) groups is 1. The summed E-state index contributed by atoms with van der Waals surface area (Å²) < 4.78 is 7.18. The van der Waals surface area contributed by atoms with Gasteiger partial charge in [0.1, 0.15) is 22.6 Å². The summed E-state index contributed by atoms with van der Waals surface area (Å²) in [5, 5.41) is 1.58. The first-order valence-electron chi connectivity index (χ1n) is 11.3. The van der Waals surface area contributed by atoms with E-state index in [9.17, 15) is 4.79 Å². The van der Waals surface area contributed by atoms with Gasteiger partial charge in [0.25, 0.3) is 0 Å². The van der Waals surface area contributed by atoms with Crippen molar-refractivity contribution in [3.05, 3.63) is 65.1 Å². The number of thioether (sulfide) groups is 1. The number of carbonyl (C=O) groups excluding carboxylic acids is 1. The monoisotopic (exact) mass is 482 g/mol. The van der Waals surface area contributed by atoms with Gasteiger partial charge in [-0.25, -0.2) is 4.98 Å². The molecule has 4 heterocycles. The predicted molar refractivity (Wildman–Crippen MR) is 133 cm³/mol. The van der Waals surface area contributed by atoms with Crippen LogP contribution in [0.15, 0.2) is 53.7 Å². The summed E-state index contributed by atoms with van der Waals surface area (Å²) in [5.41, 5.74) is 2.71. The molecular weight excluding hydrogens is 456 g/mol. The summed E-state index contributed by atoms with van der Waals surface area (Å²) in [4.78, 5) is 25.4. The number of likely N-dealkylation sites (tertiary alicyclic amines) is 1. The summed E-state index contributed by atoms with van der Waals surface area (Å²) in [5.74, 6) is 0.851. The number of halogens is 1. The molecule has 0 N–H and O–H groups in total. The Bertz CT molecular complexity index is 1200. The lowest BCUT2D eigenvalue weighted by Crippen LogP contribution is -2.49. The van der Waals surface area contributed by atoms with E-state index in [1.54, 1.807) is 18.9 Å². The van der Waals surface area contributed by atoms with Gasteiger partial charge >= 0.3 is 0 Å². The lowest BCUT2D eigenvalue weighted by Gasteiger charge is -2.37. The fraction of sp³-hybridized carbons (Fsp3) is 0.400. The number of imidazole rings is 1. The maximum atomic E-state index is 13.8. The first-order valence-corrected chi connectivity index (χ1v) is 12.6. The molecule has 172 valence electrons. The molecule has 3 aromatic rings. The first kappa shape index (κ1) is 22.3. The fourth-order valence-corrected chi connectivity index (χ4v) is 6.22. The van der Waals surface area contributed by atoms with Gasteiger partial charge in [0, 0.05) is 31.3 Å². The van der Waals surface area contributed by atoms with E-state index in [2.05, 4.69) is 12.1 Å². The van der Waals surface area contributed by atoms with Crippen LogP contribution in [0.2, 0.25) is 5.15 Å². The van der Waals surface area contributed by atoms with Crippen molar-refractivity contribution in [1.82, 2.24) is 14.3 Å². The van der Waals surface area contributed by atoms with E-state index in [1.165, 1.54) is 0 Å². The Morgan fingerprint density at radius 2 is 2.06 bits per heavy atom. The third-order valence-electron chi connectivity index (χ3n) is 6.47. The summed E-state index contributed by atoms with van der Waals surface area (Å²) in [6.07, 6.45) is 5.55. The normalized spacial score (nSPS) is 23.1. The van der Waals surface area contributed by atoms with E-state index >= 15 is 0 Å². The molecule has 2 unspecified atom stereocenters. The Kier molecular flexibility index (Phi) is 6.34. The van der Waals surface area contributed by atoms with Gasteiger partial charge in [-0.2, -0.15) is 0 Å². The van der Waals surface area contributed by atoms with Crippen LogP contribution in [-0.2, 0) is 11.2 Å². The van der Waals surface area contributed by atoms with Crippen LogP contribution >= 0.6 is 23.4 Å². The second kappa shape index (κ2) is 9.39. The summed E-state index contributed by atoms with van der Waals surface area (Å²) in [6.45, 7) is 2.74. The van der Waals surface area contributed by atoms with Gasteiger partial charge in [0.2, 0.25) is 5.91 Å². The van der Waals surface area contributed by atoms with Crippen molar-refractivity contribution < 1.29 is 9.53 Å². The number of benzene rings is 1. The average molecular weight is 483 g/mol. The van der Waals surface area contributed by atoms with Gasteiger partial charge in [0.15, 0.2) is 0 Å². The largest absolute Gasteiger partial charge is 0.497 e. The van der Waals surface area contributed by atoms with Crippen LogP contribution in [0.4, 0.5) is 0 Å². The van der Waals surface area contributed by atoms with E-state index in [0.29, 0.717) is 11.6 Å². The Balaban J connectivity index is 1.40. The highest BCUT2D eigenvalue weighted by atomic mass is 35.5. The van der Waals surface area contributed by atoms with E-state index in [0.717, 1.165) is 53.5 Å². The van der Waals surface area contributed by atoms with Crippen LogP contribution in [0, 0.1) is 0 Å². The Morgan fingerprint density at radius 1 is 1.24 bits per heavy atom. The van der Waals surface area contributed by atoms with E-state index in [1.807, 2.05) is 52.8 Å². The van der Waals surface area contributed by atoms with Crippen LogP contribution in [0.25, 0.3) is 5.65 Å². The molecule has 0 saturated carbocycles. The molecule has 0 spiro atoms. The number of methoxy groups -OCH3 is 1. The number of fused-ring (bicyclic) bond motifs is 1. The van der Waals surface area contributed by atoms with Crippen LogP contribution in [0.5, 0.6) is 5.75 Å². The minimum atomic E-state index is -0.390. The standard InChI is InChI=1S/C25H27ClN4O2S/c1-16-27-22(23(33-16)17-8-4-3-5-9-17)25(31)29-12-7-6-10-18(29)14-20-24(26)30-13-11-19(32-2)15-21(30)28-20/h3-5,8-9,11,13,15,18,22-23H,6-7,10,12,14H2,1-2H3/t18-,22?,23?/m0/s1. The quantitative estimate of drug-likeness (QED) is 0.501. The molecular formula is C25H27ClN4O2S. The molecule has 6 nitrogen and oxygen atoms in total. The number of hydrogen-bond acceptors (Lipinski definition) is 5. The average Bonchev–Trinajstić information content (AvgIpc) is 3.39. The Labute approximate surface area is 203 Å². The fourth-order valence-electron chi connectivity index (χ4n) is 4.82. The number of piperidine rings is 1. The molecule has 5 rings (SSSR count). The number of ether oxygens (including phenoxy) is 1. The molecule has 1 saturated heterocycles. The second-order valence-electron chi connectivity index (χ2n) is 8.57. The number of amides is 1. The van der Waals surface area contributed by atoms with Crippen LogP contribution in [0.1, 0.15) is 42.7 Å². The van der Waals surface area contributed by atoms with E-state index < -0.39 is 0 Å². The number of nitrogens with zero attached hydrogens (tertiary/aromatic N) is 4. The zero-order valence-electron chi connectivity index (χ0n) is 18.8.